The minimum absolute atomic E-state index is 0.177. The monoisotopic (exact) mass is 375 g/mol. The highest BCUT2D eigenvalue weighted by atomic mass is 16.5. The Labute approximate surface area is 165 Å². The number of hydrogen-bond acceptors (Lipinski definition) is 4. The number of benzene rings is 2. The maximum Gasteiger partial charge on any atom is 0.273 e. The molecule has 2 heterocycles. The smallest absolute Gasteiger partial charge is 0.273 e. The Kier molecular flexibility index (Phi) is 5.53. The SMILES string of the molecule is Cc1ccc(-c2cc(C(=O)NCC(c3ccccc3)N3CCCC3)no2)cc1. The summed E-state index contributed by atoms with van der Waals surface area (Å²) in [6, 6.07) is 20.2. The van der Waals surface area contributed by atoms with E-state index < -0.39 is 0 Å². The number of hydrogen-bond donors (Lipinski definition) is 1. The second-order valence-electron chi connectivity index (χ2n) is 7.32. The fourth-order valence-corrected chi connectivity index (χ4v) is 3.70. The first-order valence-corrected chi connectivity index (χ1v) is 9.81. The number of nitrogens with zero attached hydrogens (tertiary/aromatic N) is 2. The van der Waals surface area contributed by atoms with Crippen molar-refractivity contribution in [3.8, 4) is 11.3 Å². The lowest BCUT2D eigenvalue weighted by Gasteiger charge is -2.28. The average Bonchev–Trinajstić information content (AvgIpc) is 3.42. The van der Waals surface area contributed by atoms with E-state index in [9.17, 15) is 4.79 Å². The number of aryl methyl sites for hydroxylation is 1. The molecule has 0 bridgehead atoms. The number of amides is 1. The Morgan fingerprint density at radius 2 is 1.82 bits per heavy atom. The van der Waals surface area contributed by atoms with Gasteiger partial charge in [0.15, 0.2) is 11.5 Å². The van der Waals surface area contributed by atoms with Gasteiger partial charge in [0.25, 0.3) is 5.91 Å². The summed E-state index contributed by atoms with van der Waals surface area (Å²) < 4.78 is 5.38. The quantitative estimate of drug-likeness (QED) is 0.701. The molecule has 5 heteroatoms. The van der Waals surface area contributed by atoms with Gasteiger partial charge in [-0.2, -0.15) is 0 Å². The third-order valence-corrected chi connectivity index (χ3v) is 5.30. The molecular formula is C23H25N3O2. The summed E-state index contributed by atoms with van der Waals surface area (Å²) in [4.78, 5) is 15.1. The van der Waals surface area contributed by atoms with Gasteiger partial charge < -0.3 is 9.84 Å². The Balaban J connectivity index is 1.44. The molecule has 3 aromatic rings. The van der Waals surface area contributed by atoms with E-state index in [4.69, 9.17) is 4.52 Å². The zero-order chi connectivity index (χ0) is 19.3. The maximum absolute atomic E-state index is 12.6. The maximum atomic E-state index is 12.6. The van der Waals surface area contributed by atoms with Gasteiger partial charge in [-0.05, 0) is 38.4 Å². The number of rotatable bonds is 6. The molecule has 0 saturated carbocycles. The lowest BCUT2D eigenvalue weighted by Crippen LogP contribution is -2.36. The third kappa shape index (κ3) is 4.15. The zero-order valence-corrected chi connectivity index (χ0v) is 16.1. The number of likely N-dealkylation sites (tertiary alicyclic amines) is 1. The van der Waals surface area contributed by atoms with Crippen molar-refractivity contribution in [2.75, 3.05) is 19.6 Å². The van der Waals surface area contributed by atoms with Crippen LogP contribution >= 0.6 is 0 Å². The summed E-state index contributed by atoms with van der Waals surface area (Å²) in [5.41, 5.74) is 3.63. The predicted octanol–water partition coefficient (Wildman–Crippen LogP) is 4.22. The zero-order valence-electron chi connectivity index (χ0n) is 16.1. The molecule has 1 saturated heterocycles. The van der Waals surface area contributed by atoms with Crippen molar-refractivity contribution >= 4 is 5.91 Å². The minimum atomic E-state index is -0.206. The summed E-state index contributed by atoms with van der Waals surface area (Å²) in [5, 5.41) is 7.01. The van der Waals surface area contributed by atoms with Crippen LogP contribution in [0.2, 0.25) is 0 Å². The molecule has 1 amide bonds. The van der Waals surface area contributed by atoms with Gasteiger partial charge in [-0.1, -0.05) is 65.3 Å². The third-order valence-electron chi connectivity index (χ3n) is 5.30. The fourth-order valence-electron chi connectivity index (χ4n) is 3.70. The highest BCUT2D eigenvalue weighted by Crippen LogP contribution is 2.25. The van der Waals surface area contributed by atoms with E-state index in [2.05, 4.69) is 27.5 Å². The van der Waals surface area contributed by atoms with E-state index in [0.29, 0.717) is 18.0 Å². The van der Waals surface area contributed by atoms with Crippen molar-refractivity contribution in [1.29, 1.82) is 0 Å². The summed E-state index contributed by atoms with van der Waals surface area (Å²) in [6.07, 6.45) is 2.42. The molecule has 1 aliphatic rings. The molecule has 144 valence electrons. The van der Waals surface area contributed by atoms with Crippen LogP contribution in [-0.2, 0) is 0 Å². The van der Waals surface area contributed by atoms with Crippen LogP contribution < -0.4 is 5.32 Å². The second-order valence-corrected chi connectivity index (χ2v) is 7.32. The predicted molar refractivity (Wildman–Crippen MR) is 109 cm³/mol. The standard InChI is InChI=1S/C23H25N3O2/c1-17-9-11-19(12-10-17)22-15-20(25-28-22)23(27)24-16-21(26-13-5-6-14-26)18-7-3-2-4-8-18/h2-4,7-12,15,21H,5-6,13-14,16H2,1H3,(H,24,27). The van der Waals surface area contributed by atoms with Crippen LogP contribution in [0, 0.1) is 6.92 Å². The van der Waals surface area contributed by atoms with Gasteiger partial charge in [-0.15, -0.1) is 0 Å². The van der Waals surface area contributed by atoms with Gasteiger partial charge in [0.1, 0.15) is 0 Å². The largest absolute Gasteiger partial charge is 0.355 e. The molecule has 0 aliphatic carbocycles. The summed E-state index contributed by atoms with van der Waals surface area (Å²) in [7, 11) is 0. The van der Waals surface area contributed by atoms with Crippen LogP contribution in [0.5, 0.6) is 0 Å². The minimum Gasteiger partial charge on any atom is -0.355 e. The number of aromatic nitrogens is 1. The lowest BCUT2D eigenvalue weighted by atomic mass is 10.1. The Morgan fingerprint density at radius 1 is 1.11 bits per heavy atom. The second kappa shape index (κ2) is 8.40. The molecule has 4 rings (SSSR count). The Hall–Kier alpha value is -2.92. The van der Waals surface area contributed by atoms with Crippen molar-refractivity contribution < 1.29 is 9.32 Å². The van der Waals surface area contributed by atoms with E-state index in [1.807, 2.05) is 49.4 Å². The van der Waals surface area contributed by atoms with Gasteiger partial charge in [0.2, 0.25) is 0 Å². The van der Waals surface area contributed by atoms with Crippen molar-refractivity contribution in [2.45, 2.75) is 25.8 Å². The molecule has 1 unspecified atom stereocenters. The Morgan fingerprint density at radius 3 is 2.54 bits per heavy atom. The first kappa shape index (κ1) is 18.4. The topological polar surface area (TPSA) is 58.4 Å². The van der Waals surface area contributed by atoms with Crippen LogP contribution in [0.15, 0.2) is 65.2 Å². The van der Waals surface area contributed by atoms with Crippen molar-refractivity contribution in [1.82, 2.24) is 15.4 Å². The van der Waals surface area contributed by atoms with E-state index in [-0.39, 0.29) is 11.9 Å². The number of carbonyl (C=O) groups is 1. The summed E-state index contributed by atoms with van der Waals surface area (Å²) in [6.45, 7) is 4.72. The Bertz CT molecular complexity index is 913. The molecule has 0 radical (unpaired) electrons. The van der Waals surface area contributed by atoms with Crippen LogP contribution in [-0.4, -0.2) is 35.6 Å². The molecule has 1 N–H and O–H groups in total. The van der Waals surface area contributed by atoms with E-state index in [0.717, 1.165) is 18.7 Å². The molecule has 2 aromatic carbocycles. The van der Waals surface area contributed by atoms with Gasteiger partial charge in [-0.3, -0.25) is 9.69 Å². The van der Waals surface area contributed by atoms with E-state index >= 15 is 0 Å². The van der Waals surface area contributed by atoms with Crippen molar-refractivity contribution in [3.63, 3.8) is 0 Å². The molecule has 1 atom stereocenters. The molecule has 28 heavy (non-hydrogen) atoms. The molecule has 1 aromatic heterocycles. The fraction of sp³-hybridized carbons (Fsp3) is 0.304. The van der Waals surface area contributed by atoms with Gasteiger partial charge in [0, 0.05) is 18.2 Å². The first-order chi connectivity index (χ1) is 13.7. The van der Waals surface area contributed by atoms with Crippen molar-refractivity contribution in [2.24, 2.45) is 0 Å². The highest BCUT2D eigenvalue weighted by molar-refractivity contribution is 5.93. The van der Waals surface area contributed by atoms with E-state index in [1.165, 1.54) is 24.0 Å². The van der Waals surface area contributed by atoms with Gasteiger partial charge in [-0.25, -0.2) is 0 Å². The summed E-state index contributed by atoms with van der Waals surface area (Å²) in [5.74, 6) is 0.395. The normalized spacial score (nSPS) is 15.5. The molecule has 1 aliphatic heterocycles. The number of nitrogens with one attached hydrogen (secondary N) is 1. The van der Waals surface area contributed by atoms with E-state index in [1.54, 1.807) is 6.07 Å². The molecule has 1 fully saturated rings. The first-order valence-electron chi connectivity index (χ1n) is 9.81. The van der Waals surface area contributed by atoms with Crippen LogP contribution in [0.4, 0.5) is 0 Å². The van der Waals surface area contributed by atoms with Crippen LogP contribution in [0.3, 0.4) is 0 Å². The highest BCUT2D eigenvalue weighted by Gasteiger charge is 2.24. The van der Waals surface area contributed by atoms with Crippen LogP contribution in [0.25, 0.3) is 11.3 Å². The van der Waals surface area contributed by atoms with Gasteiger partial charge in [0.05, 0.1) is 6.04 Å². The average molecular weight is 375 g/mol. The number of carbonyl (C=O) groups excluding carboxylic acids is 1. The molecule has 0 spiro atoms. The lowest BCUT2D eigenvalue weighted by molar-refractivity contribution is 0.0929. The van der Waals surface area contributed by atoms with Crippen molar-refractivity contribution in [3.05, 3.63) is 77.5 Å². The summed E-state index contributed by atoms with van der Waals surface area (Å²) >= 11 is 0. The molecular weight excluding hydrogens is 350 g/mol. The molecule has 5 nitrogen and oxygen atoms in total. The van der Waals surface area contributed by atoms with Crippen LogP contribution in [0.1, 0.15) is 40.5 Å². The van der Waals surface area contributed by atoms with Gasteiger partial charge >= 0.3 is 0 Å².